The molecule has 0 unspecified atom stereocenters. The molecule has 0 bridgehead atoms. The number of pyridine rings is 1. The smallest absolute Gasteiger partial charge is 0.380 e. The van der Waals surface area contributed by atoms with Crippen molar-refractivity contribution >= 4 is 17.2 Å². The Morgan fingerprint density at radius 1 is 1.24 bits per heavy atom. The Morgan fingerprint density at radius 3 is 2.62 bits per heavy atom. The molecule has 1 aromatic carbocycles. The van der Waals surface area contributed by atoms with E-state index in [1.54, 1.807) is 4.52 Å². The number of benzene rings is 1. The van der Waals surface area contributed by atoms with Crippen LogP contribution in [0.1, 0.15) is 47.9 Å². The van der Waals surface area contributed by atoms with E-state index in [0.29, 0.717) is 5.65 Å². The first kappa shape index (κ1) is 22.6. The average molecular weight is 473 g/mol. The van der Waals surface area contributed by atoms with Gasteiger partial charge in [0.2, 0.25) is 5.82 Å². The van der Waals surface area contributed by atoms with E-state index in [4.69, 9.17) is 0 Å². The highest BCUT2D eigenvalue weighted by Crippen LogP contribution is 2.45. The summed E-state index contributed by atoms with van der Waals surface area (Å²) in [5.41, 5.74) is 0.900. The van der Waals surface area contributed by atoms with Gasteiger partial charge in [0.15, 0.2) is 11.2 Å². The predicted molar refractivity (Wildman–Crippen MR) is 120 cm³/mol. The number of halogens is 3. The number of aryl methyl sites for hydroxylation is 1. The van der Waals surface area contributed by atoms with E-state index in [1.807, 2.05) is 25.3 Å². The van der Waals surface area contributed by atoms with Crippen LogP contribution in [0.15, 0.2) is 42.6 Å². The summed E-state index contributed by atoms with van der Waals surface area (Å²) >= 11 is 0. The fourth-order valence-electron chi connectivity index (χ4n) is 5.00. The standard InChI is InChI=1S/C24H26F3N5O2/c1-15-10-18(31-9-8-22(2,14-31)16-6-4-3-5-7-16)13-32-20(15)29-19(30-32)21(33)28-17-11-23(34,12-17)24(25,26)27/h3-7,10,13,17,34H,8-9,11-12,14H2,1-2H3,(H,28,33)/t17?,22-,23?/m0/s1. The molecule has 34 heavy (non-hydrogen) atoms. The summed E-state index contributed by atoms with van der Waals surface area (Å²) in [7, 11) is 0. The highest BCUT2D eigenvalue weighted by molar-refractivity contribution is 5.91. The quantitative estimate of drug-likeness (QED) is 0.607. The van der Waals surface area contributed by atoms with Crippen molar-refractivity contribution in [3.05, 3.63) is 59.5 Å². The lowest BCUT2D eigenvalue weighted by molar-refractivity contribution is -0.291. The van der Waals surface area contributed by atoms with Crippen LogP contribution >= 0.6 is 0 Å². The van der Waals surface area contributed by atoms with Gasteiger partial charge in [-0.15, -0.1) is 5.10 Å². The van der Waals surface area contributed by atoms with E-state index in [2.05, 4.69) is 51.5 Å². The number of fused-ring (bicyclic) bond motifs is 1. The van der Waals surface area contributed by atoms with Crippen molar-refractivity contribution in [2.45, 2.75) is 56.3 Å². The van der Waals surface area contributed by atoms with E-state index >= 15 is 0 Å². The third kappa shape index (κ3) is 3.79. The molecule has 3 heterocycles. The van der Waals surface area contributed by atoms with Crippen molar-refractivity contribution in [1.82, 2.24) is 19.9 Å². The van der Waals surface area contributed by atoms with Crippen LogP contribution in [-0.2, 0) is 5.41 Å². The number of anilines is 1. The van der Waals surface area contributed by atoms with Crippen molar-refractivity contribution in [2.24, 2.45) is 0 Å². The third-order valence-corrected chi connectivity index (χ3v) is 7.15. The highest BCUT2D eigenvalue weighted by atomic mass is 19.4. The molecule has 1 aliphatic carbocycles. The van der Waals surface area contributed by atoms with Crippen LogP contribution < -0.4 is 10.2 Å². The van der Waals surface area contributed by atoms with E-state index in [0.717, 1.165) is 30.8 Å². The number of carbonyl (C=O) groups excluding carboxylic acids is 1. The van der Waals surface area contributed by atoms with Crippen LogP contribution in [0.5, 0.6) is 0 Å². The van der Waals surface area contributed by atoms with Crippen LogP contribution in [-0.4, -0.2) is 56.5 Å². The predicted octanol–water partition coefficient (Wildman–Crippen LogP) is 3.39. The summed E-state index contributed by atoms with van der Waals surface area (Å²) in [5, 5.41) is 16.3. The Morgan fingerprint density at radius 2 is 1.94 bits per heavy atom. The number of nitrogens with one attached hydrogen (secondary N) is 1. The minimum Gasteiger partial charge on any atom is -0.380 e. The average Bonchev–Trinajstić information content (AvgIpc) is 3.37. The molecule has 2 fully saturated rings. The van der Waals surface area contributed by atoms with Crippen LogP contribution in [0.25, 0.3) is 5.65 Å². The van der Waals surface area contributed by atoms with Crippen LogP contribution in [0.2, 0.25) is 0 Å². The number of rotatable bonds is 4. The van der Waals surface area contributed by atoms with Crippen LogP contribution in [0.3, 0.4) is 0 Å². The summed E-state index contributed by atoms with van der Waals surface area (Å²) in [6.07, 6.45) is -3.03. The summed E-state index contributed by atoms with van der Waals surface area (Å²) in [5.74, 6) is -0.769. The molecule has 1 atom stereocenters. The second-order valence-corrected chi connectivity index (χ2v) is 9.79. The first-order valence-electron chi connectivity index (χ1n) is 11.2. The van der Waals surface area contributed by atoms with E-state index in [-0.39, 0.29) is 11.2 Å². The Labute approximate surface area is 194 Å². The normalized spacial score (nSPS) is 27.1. The minimum absolute atomic E-state index is 0.0264. The molecule has 0 radical (unpaired) electrons. The Balaban J connectivity index is 1.31. The Hall–Kier alpha value is -3.14. The SMILES string of the molecule is Cc1cc(N2CC[C@](C)(c3ccccc3)C2)cn2nc(C(=O)NC3CC(O)(C(F)(F)F)C3)nc12. The lowest BCUT2D eigenvalue weighted by atomic mass is 9.75. The van der Waals surface area contributed by atoms with Gasteiger partial charge in [0.05, 0.1) is 11.9 Å². The summed E-state index contributed by atoms with van der Waals surface area (Å²) < 4.78 is 40.0. The van der Waals surface area contributed by atoms with E-state index < -0.39 is 36.6 Å². The molecule has 0 spiro atoms. The monoisotopic (exact) mass is 473 g/mol. The van der Waals surface area contributed by atoms with Crippen molar-refractivity contribution in [2.75, 3.05) is 18.0 Å². The molecule has 5 rings (SSSR count). The fraction of sp³-hybridized carbons (Fsp3) is 0.458. The molecule has 180 valence electrons. The number of aliphatic hydroxyl groups is 1. The van der Waals surface area contributed by atoms with Gasteiger partial charge in [-0.25, -0.2) is 9.50 Å². The summed E-state index contributed by atoms with van der Waals surface area (Å²) in [4.78, 5) is 19.1. The van der Waals surface area contributed by atoms with Gasteiger partial charge in [0, 0.05) is 37.4 Å². The minimum atomic E-state index is -4.71. The second kappa shape index (κ2) is 7.69. The number of alkyl halides is 3. The molecule has 1 saturated carbocycles. The summed E-state index contributed by atoms with van der Waals surface area (Å²) in [6, 6.07) is 11.6. The van der Waals surface area contributed by atoms with Gasteiger partial charge in [-0.2, -0.15) is 13.2 Å². The zero-order valence-electron chi connectivity index (χ0n) is 18.9. The number of aromatic nitrogens is 3. The lowest BCUT2D eigenvalue weighted by Crippen LogP contribution is -2.62. The highest BCUT2D eigenvalue weighted by Gasteiger charge is 2.61. The number of amides is 1. The zero-order valence-corrected chi connectivity index (χ0v) is 18.9. The van der Waals surface area contributed by atoms with Gasteiger partial charge in [0.1, 0.15) is 0 Å². The topological polar surface area (TPSA) is 82.8 Å². The van der Waals surface area contributed by atoms with Gasteiger partial charge in [-0.1, -0.05) is 37.3 Å². The molecule has 10 heteroatoms. The van der Waals surface area contributed by atoms with Crippen LogP contribution in [0.4, 0.5) is 18.9 Å². The molecule has 2 aromatic heterocycles. The lowest BCUT2D eigenvalue weighted by Gasteiger charge is -2.44. The molecular weight excluding hydrogens is 447 g/mol. The van der Waals surface area contributed by atoms with Crippen molar-refractivity contribution in [3.8, 4) is 0 Å². The third-order valence-electron chi connectivity index (χ3n) is 7.15. The van der Waals surface area contributed by atoms with Gasteiger partial charge in [0.25, 0.3) is 5.91 Å². The van der Waals surface area contributed by atoms with Gasteiger partial charge < -0.3 is 15.3 Å². The molecule has 1 amide bonds. The maximum Gasteiger partial charge on any atom is 0.417 e. The Kier molecular flexibility index (Phi) is 5.12. The first-order valence-corrected chi connectivity index (χ1v) is 11.2. The molecule has 3 aromatic rings. The number of carbonyl (C=O) groups is 1. The van der Waals surface area contributed by atoms with Crippen molar-refractivity contribution in [1.29, 1.82) is 0 Å². The van der Waals surface area contributed by atoms with E-state index in [9.17, 15) is 23.1 Å². The fourth-order valence-corrected chi connectivity index (χ4v) is 5.00. The number of nitrogens with zero attached hydrogens (tertiary/aromatic N) is 4. The maximum atomic E-state index is 12.8. The molecular formula is C24H26F3N5O2. The molecule has 7 nitrogen and oxygen atoms in total. The first-order chi connectivity index (χ1) is 16.0. The summed E-state index contributed by atoms with van der Waals surface area (Å²) in [6.45, 7) is 5.86. The molecule has 1 aliphatic heterocycles. The zero-order chi connectivity index (χ0) is 24.3. The van der Waals surface area contributed by atoms with Crippen molar-refractivity contribution in [3.63, 3.8) is 0 Å². The van der Waals surface area contributed by atoms with E-state index in [1.165, 1.54) is 5.56 Å². The molecule has 2 N–H and O–H groups in total. The largest absolute Gasteiger partial charge is 0.417 e. The number of hydrogen-bond donors (Lipinski definition) is 2. The van der Waals surface area contributed by atoms with Gasteiger partial charge in [-0.3, -0.25) is 4.79 Å². The number of hydrogen-bond acceptors (Lipinski definition) is 5. The van der Waals surface area contributed by atoms with Crippen molar-refractivity contribution < 1.29 is 23.1 Å². The maximum absolute atomic E-state index is 12.8. The molecule has 2 aliphatic rings. The Bertz CT molecular complexity index is 1240. The van der Waals surface area contributed by atoms with Crippen LogP contribution in [0, 0.1) is 6.92 Å². The van der Waals surface area contributed by atoms with Gasteiger partial charge in [-0.05, 0) is 30.5 Å². The second-order valence-electron chi connectivity index (χ2n) is 9.79. The van der Waals surface area contributed by atoms with Gasteiger partial charge >= 0.3 is 6.18 Å². The molecule has 1 saturated heterocycles.